The van der Waals surface area contributed by atoms with Crippen LogP contribution in [0.2, 0.25) is 0 Å². The van der Waals surface area contributed by atoms with Crippen molar-refractivity contribution in [1.29, 1.82) is 0 Å². The number of carbonyl (C=O) groups excluding carboxylic acids is 1. The van der Waals surface area contributed by atoms with E-state index in [0.29, 0.717) is 23.6 Å². The largest absolute Gasteiger partial charge is 0.340 e. The summed E-state index contributed by atoms with van der Waals surface area (Å²) in [6.45, 7) is 7.39. The van der Waals surface area contributed by atoms with E-state index in [1.807, 2.05) is 36.6 Å². The van der Waals surface area contributed by atoms with E-state index in [4.69, 9.17) is 4.98 Å². The van der Waals surface area contributed by atoms with Gasteiger partial charge in [0.25, 0.3) is 0 Å². The van der Waals surface area contributed by atoms with Gasteiger partial charge in [0.05, 0.1) is 23.0 Å². The second kappa shape index (κ2) is 9.43. The first-order valence-corrected chi connectivity index (χ1v) is 11.8. The summed E-state index contributed by atoms with van der Waals surface area (Å²) in [5.74, 6) is 0.578. The van der Waals surface area contributed by atoms with Crippen LogP contribution in [0.15, 0.2) is 59.4 Å². The average Bonchev–Trinajstić information content (AvgIpc) is 3.62. The quantitative estimate of drug-likeness (QED) is 0.274. The van der Waals surface area contributed by atoms with Crippen molar-refractivity contribution >= 4 is 46.3 Å². The van der Waals surface area contributed by atoms with E-state index in [0.717, 1.165) is 44.0 Å². The Kier molecular flexibility index (Phi) is 6.02. The number of hydrogen-bond acceptors (Lipinski definition) is 7. The van der Waals surface area contributed by atoms with Gasteiger partial charge >= 0.3 is 0 Å². The van der Waals surface area contributed by atoms with Gasteiger partial charge in [0.15, 0.2) is 11.5 Å². The predicted molar refractivity (Wildman–Crippen MR) is 139 cm³/mol. The van der Waals surface area contributed by atoms with Crippen molar-refractivity contribution < 1.29 is 4.79 Å². The number of aromatic nitrogens is 6. The maximum absolute atomic E-state index is 11.8. The van der Waals surface area contributed by atoms with Crippen LogP contribution < -0.4 is 5.32 Å². The third-order valence-corrected chi connectivity index (χ3v) is 6.37. The normalized spacial score (nSPS) is 11.7. The fraction of sp³-hybridized carbons (Fsp3) is 0.120. The van der Waals surface area contributed by atoms with Crippen LogP contribution >= 0.6 is 11.3 Å². The minimum absolute atomic E-state index is 0.0683. The van der Waals surface area contributed by atoms with Crippen LogP contribution in [0.3, 0.4) is 0 Å². The summed E-state index contributed by atoms with van der Waals surface area (Å²) in [6.07, 6.45) is 7.21. The Bertz CT molecular complexity index is 1560. The van der Waals surface area contributed by atoms with E-state index in [2.05, 4.69) is 42.2 Å². The average molecular weight is 483 g/mol. The third kappa shape index (κ3) is 4.38. The van der Waals surface area contributed by atoms with Crippen LogP contribution in [-0.2, 0) is 4.79 Å². The van der Waals surface area contributed by atoms with Crippen LogP contribution in [0.25, 0.3) is 39.3 Å². The standard InChI is InChI=1S/C25H22N8OS/c1-4-21(34)30-17-8-15(10-27-12-17)16-9-18-23(32-33-24(18)28-11-16)25-29-14(2)22(31-25)19(13-26-3)20-6-5-7-35-20/h5-13H,3-4H2,1-2H3,(H,29,31)(H,30,34)(H,28,32,33)/b19-13-. The second-order valence-corrected chi connectivity index (χ2v) is 8.77. The van der Waals surface area contributed by atoms with Gasteiger partial charge in [-0.05, 0) is 37.2 Å². The number of rotatable bonds is 7. The Balaban J connectivity index is 1.55. The van der Waals surface area contributed by atoms with E-state index in [1.54, 1.807) is 43.1 Å². The van der Waals surface area contributed by atoms with Gasteiger partial charge in [-0.15, -0.1) is 11.3 Å². The number of fused-ring (bicyclic) bond motifs is 1. The van der Waals surface area contributed by atoms with Gasteiger partial charge in [0, 0.05) is 52.3 Å². The van der Waals surface area contributed by atoms with Crippen molar-refractivity contribution in [2.45, 2.75) is 20.3 Å². The molecule has 5 aromatic rings. The number of H-pyrrole nitrogens is 2. The van der Waals surface area contributed by atoms with Crippen molar-refractivity contribution in [3.05, 3.63) is 70.7 Å². The third-order valence-electron chi connectivity index (χ3n) is 5.47. The molecular formula is C25H22N8OS. The Morgan fingerprint density at radius 1 is 1.26 bits per heavy atom. The Morgan fingerprint density at radius 3 is 2.89 bits per heavy atom. The number of pyridine rings is 2. The van der Waals surface area contributed by atoms with Crippen LogP contribution in [0.1, 0.15) is 29.6 Å². The number of carbonyl (C=O) groups is 1. The monoisotopic (exact) mass is 482 g/mol. The molecule has 0 aromatic carbocycles. The molecule has 0 bridgehead atoms. The van der Waals surface area contributed by atoms with Crippen LogP contribution in [0, 0.1) is 6.92 Å². The lowest BCUT2D eigenvalue weighted by atomic mass is 10.1. The van der Waals surface area contributed by atoms with E-state index < -0.39 is 0 Å². The molecule has 0 radical (unpaired) electrons. The van der Waals surface area contributed by atoms with E-state index in [1.165, 1.54) is 0 Å². The topological polar surface area (TPSA) is 125 Å². The van der Waals surface area contributed by atoms with Gasteiger partial charge < -0.3 is 10.3 Å². The van der Waals surface area contributed by atoms with Gasteiger partial charge in [0.1, 0.15) is 5.69 Å². The van der Waals surface area contributed by atoms with Crippen LogP contribution in [0.4, 0.5) is 5.69 Å². The molecule has 9 nitrogen and oxygen atoms in total. The molecule has 3 N–H and O–H groups in total. The van der Waals surface area contributed by atoms with Crippen molar-refractivity contribution in [2.24, 2.45) is 4.99 Å². The number of aliphatic imine (C=N–C) groups is 1. The lowest BCUT2D eigenvalue weighted by Crippen LogP contribution is -2.09. The molecule has 0 fully saturated rings. The molecular weight excluding hydrogens is 460 g/mol. The van der Waals surface area contributed by atoms with Gasteiger partial charge in [-0.3, -0.25) is 19.9 Å². The summed E-state index contributed by atoms with van der Waals surface area (Å²) in [7, 11) is 0. The number of anilines is 1. The molecule has 0 saturated carbocycles. The molecule has 174 valence electrons. The molecule has 5 rings (SSSR count). The number of hydrogen-bond donors (Lipinski definition) is 3. The minimum Gasteiger partial charge on any atom is -0.340 e. The fourth-order valence-corrected chi connectivity index (χ4v) is 4.50. The summed E-state index contributed by atoms with van der Waals surface area (Å²) < 4.78 is 0. The highest BCUT2D eigenvalue weighted by atomic mass is 32.1. The molecule has 0 aliphatic rings. The molecule has 1 amide bonds. The molecule has 5 heterocycles. The maximum atomic E-state index is 11.8. The highest BCUT2D eigenvalue weighted by Crippen LogP contribution is 2.33. The number of imidazole rings is 1. The number of thiophene rings is 1. The molecule has 0 atom stereocenters. The molecule has 10 heteroatoms. The Morgan fingerprint density at radius 2 is 2.11 bits per heavy atom. The summed E-state index contributed by atoms with van der Waals surface area (Å²) in [5, 5.41) is 13.1. The summed E-state index contributed by atoms with van der Waals surface area (Å²) in [6, 6.07) is 7.89. The van der Waals surface area contributed by atoms with E-state index >= 15 is 0 Å². The summed E-state index contributed by atoms with van der Waals surface area (Å²) in [5.41, 5.74) is 6.21. The molecule has 0 aliphatic heterocycles. The van der Waals surface area contributed by atoms with Crippen LogP contribution in [-0.4, -0.2) is 42.8 Å². The number of aromatic amines is 2. The fourth-order valence-electron chi connectivity index (χ4n) is 3.76. The lowest BCUT2D eigenvalue weighted by Gasteiger charge is -2.06. The lowest BCUT2D eigenvalue weighted by molar-refractivity contribution is -0.115. The number of nitrogens with one attached hydrogen (secondary N) is 3. The Hall–Kier alpha value is -4.44. The summed E-state index contributed by atoms with van der Waals surface area (Å²) in [4.78, 5) is 33.8. The number of amides is 1. The first kappa shape index (κ1) is 22.4. The van der Waals surface area contributed by atoms with Gasteiger partial charge in [-0.25, -0.2) is 9.97 Å². The van der Waals surface area contributed by atoms with Gasteiger partial charge in [-0.2, -0.15) is 5.10 Å². The predicted octanol–water partition coefficient (Wildman–Crippen LogP) is 5.22. The van der Waals surface area contributed by atoms with Gasteiger partial charge in [-0.1, -0.05) is 13.0 Å². The first-order chi connectivity index (χ1) is 17.1. The Labute approximate surface area is 205 Å². The van der Waals surface area contributed by atoms with Crippen molar-refractivity contribution in [3.8, 4) is 22.6 Å². The van der Waals surface area contributed by atoms with Gasteiger partial charge in [0.2, 0.25) is 5.91 Å². The van der Waals surface area contributed by atoms with Crippen LogP contribution in [0.5, 0.6) is 0 Å². The van der Waals surface area contributed by atoms with Crippen molar-refractivity contribution in [2.75, 3.05) is 5.32 Å². The molecule has 0 saturated heterocycles. The number of nitrogens with zero attached hydrogens (tertiary/aromatic N) is 5. The molecule has 5 aromatic heterocycles. The van der Waals surface area contributed by atoms with Crippen molar-refractivity contribution in [3.63, 3.8) is 0 Å². The zero-order valence-electron chi connectivity index (χ0n) is 19.2. The smallest absolute Gasteiger partial charge is 0.224 e. The second-order valence-electron chi connectivity index (χ2n) is 7.82. The number of aryl methyl sites for hydroxylation is 1. The molecule has 35 heavy (non-hydrogen) atoms. The zero-order chi connectivity index (χ0) is 24.4. The highest BCUT2D eigenvalue weighted by Gasteiger charge is 2.19. The van der Waals surface area contributed by atoms with Crippen molar-refractivity contribution in [1.82, 2.24) is 30.1 Å². The van der Waals surface area contributed by atoms with E-state index in [9.17, 15) is 4.79 Å². The summed E-state index contributed by atoms with van der Waals surface area (Å²) >= 11 is 1.62. The SMILES string of the molecule is C=N/C=C(/c1cccs1)c1nc(-c2[nH]nc3ncc(-c4cncc(NC(=O)CC)c4)cc23)[nH]c1C. The molecule has 0 aliphatic carbocycles. The zero-order valence-corrected chi connectivity index (χ0v) is 20.0. The first-order valence-electron chi connectivity index (χ1n) is 10.9. The highest BCUT2D eigenvalue weighted by molar-refractivity contribution is 7.11. The molecule has 0 unspecified atom stereocenters. The van der Waals surface area contributed by atoms with E-state index in [-0.39, 0.29) is 5.91 Å². The minimum atomic E-state index is -0.0683. The molecule has 0 spiro atoms. The maximum Gasteiger partial charge on any atom is 0.224 e.